The third-order valence-corrected chi connectivity index (χ3v) is 4.87. The van der Waals surface area contributed by atoms with Crippen LogP contribution in [-0.2, 0) is 11.3 Å². The molecule has 1 aliphatic rings. The van der Waals surface area contributed by atoms with Crippen molar-refractivity contribution in [2.45, 2.75) is 39.2 Å². The number of nitrogens with zero attached hydrogens (tertiary/aromatic N) is 1. The summed E-state index contributed by atoms with van der Waals surface area (Å²) in [6.45, 7) is 4.58. The van der Waals surface area contributed by atoms with Gasteiger partial charge < -0.3 is 10.1 Å². The number of rotatable bonds is 6. The zero-order valence-electron chi connectivity index (χ0n) is 12.9. The molecule has 1 N–H and O–H groups in total. The standard InChI is InChI=1S/C17H20N2O2S/c1-11-3-6-15(7-12(11)2)21-9-16(20)18-8-14-10-22-17(19-14)13-4-5-13/h3,6-7,10,13H,4-5,8-9H2,1-2H3,(H,18,20). The zero-order chi connectivity index (χ0) is 15.5. The van der Waals surface area contributed by atoms with E-state index in [2.05, 4.69) is 17.2 Å². The summed E-state index contributed by atoms with van der Waals surface area (Å²) in [4.78, 5) is 16.4. The van der Waals surface area contributed by atoms with E-state index in [-0.39, 0.29) is 12.5 Å². The van der Waals surface area contributed by atoms with Gasteiger partial charge in [0.15, 0.2) is 6.61 Å². The van der Waals surface area contributed by atoms with Crippen LogP contribution in [0.5, 0.6) is 5.75 Å². The highest BCUT2D eigenvalue weighted by atomic mass is 32.1. The minimum atomic E-state index is -0.126. The van der Waals surface area contributed by atoms with Gasteiger partial charge in [-0.15, -0.1) is 11.3 Å². The fourth-order valence-corrected chi connectivity index (χ4v) is 3.11. The van der Waals surface area contributed by atoms with Gasteiger partial charge in [0.25, 0.3) is 5.91 Å². The molecule has 22 heavy (non-hydrogen) atoms. The molecule has 1 aliphatic carbocycles. The van der Waals surface area contributed by atoms with Gasteiger partial charge in [-0.05, 0) is 49.9 Å². The molecule has 3 rings (SSSR count). The van der Waals surface area contributed by atoms with Crippen LogP contribution in [0.1, 0.15) is 40.6 Å². The highest BCUT2D eigenvalue weighted by Gasteiger charge is 2.26. The van der Waals surface area contributed by atoms with E-state index < -0.39 is 0 Å². The Morgan fingerprint density at radius 2 is 2.18 bits per heavy atom. The molecule has 0 unspecified atom stereocenters. The van der Waals surface area contributed by atoms with E-state index in [1.165, 1.54) is 23.4 Å². The van der Waals surface area contributed by atoms with Crippen LogP contribution in [-0.4, -0.2) is 17.5 Å². The van der Waals surface area contributed by atoms with Crippen LogP contribution in [0.2, 0.25) is 0 Å². The number of nitrogens with one attached hydrogen (secondary N) is 1. The van der Waals surface area contributed by atoms with Gasteiger partial charge >= 0.3 is 0 Å². The summed E-state index contributed by atoms with van der Waals surface area (Å²) in [5, 5.41) is 6.08. The maximum atomic E-state index is 11.8. The molecule has 1 saturated carbocycles. The molecule has 0 saturated heterocycles. The maximum absolute atomic E-state index is 11.8. The Morgan fingerprint density at radius 1 is 1.36 bits per heavy atom. The number of carbonyl (C=O) groups excluding carboxylic acids is 1. The van der Waals surface area contributed by atoms with Crippen LogP contribution in [0, 0.1) is 13.8 Å². The zero-order valence-corrected chi connectivity index (χ0v) is 13.7. The van der Waals surface area contributed by atoms with E-state index in [0.717, 1.165) is 17.0 Å². The molecule has 1 fully saturated rings. The lowest BCUT2D eigenvalue weighted by atomic mass is 10.1. The van der Waals surface area contributed by atoms with E-state index in [1.807, 2.05) is 30.5 Å². The Bertz CT molecular complexity index is 677. The molecule has 0 spiro atoms. The lowest BCUT2D eigenvalue weighted by Crippen LogP contribution is -2.28. The summed E-state index contributed by atoms with van der Waals surface area (Å²) in [5.74, 6) is 1.27. The van der Waals surface area contributed by atoms with Gasteiger partial charge in [0.1, 0.15) is 5.75 Å². The maximum Gasteiger partial charge on any atom is 0.258 e. The Balaban J connectivity index is 1.44. The minimum Gasteiger partial charge on any atom is -0.484 e. The van der Waals surface area contributed by atoms with E-state index in [0.29, 0.717) is 12.5 Å². The Kier molecular flexibility index (Phi) is 4.43. The van der Waals surface area contributed by atoms with E-state index in [1.54, 1.807) is 11.3 Å². The predicted octanol–water partition coefficient (Wildman–Crippen LogP) is 3.33. The Labute approximate surface area is 134 Å². The molecule has 1 amide bonds. The van der Waals surface area contributed by atoms with E-state index in [4.69, 9.17) is 4.74 Å². The molecule has 1 heterocycles. The summed E-state index contributed by atoms with van der Waals surface area (Å²) < 4.78 is 5.52. The smallest absolute Gasteiger partial charge is 0.258 e. The highest BCUT2D eigenvalue weighted by molar-refractivity contribution is 7.09. The van der Waals surface area contributed by atoms with Gasteiger partial charge in [-0.25, -0.2) is 4.98 Å². The predicted molar refractivity (Wildman–Crippen MR) is 87.3 cm³/mol. The first-order chi connectivity index (χ1) is 10.6. The Hall–Kier alpha value is -1.88. The van der Waals surface area contributed by atoms with Crippen LogP contribution >= 0.6 is 11.3 Å². The summed E-state index contributed by atoms with van der Waals surface area (Å²) in [7, 11) is 0. The van der Waals surface area contributed by atoms with Crippen molar-refractivity contribution in [3.63, 3.8) is 0 Å². The van der Waals surface area contributed by atoms with Crippen molar-refractivity contribution < 1.29 is 9.53 Å². The first-order valence-electron chi connectivity index (χ1n) is 7.53. The number of aryl methyl sites for hydroxylation is 2. The summed E-state index contributed by atoms with van der Waals surface area (Å²) in [6, 6.07) is 5.83. The fraction of sp³-hybridized carbons (Fsp3) is 0.412. The SMILES string of the molecule is Cc1ccc(OCC(=O)NCc2csc(C3CC3)n2)cc1C. The second kappa shape index (κ2) is 6.48. The number of aromatic nitrogens is 1. The Morgan fingerprint density at radius 3 is 2.91 bits per heavy atom. The molecule has 0 bridgehead atoms. The van der Waals surface area contributed by atoms with Gasteiger partial charge in [0, 0.05) is 11.3 Å². The summed E-state index contributed by atoms with van der Waals surface area (Å²) in [5.41, 5.74) is 3.31. The van der Waals surface area contributed by atoms with Crippen molar-refractivity contribution in [1.29, 1.82) is 0 Å². The molecule has 2 aromatic rings. The fourth-order valence-electron chi connectivity index (χ4n) is 2.11. The van der Waals surface area contributed by atoms with Crippen molar-refractivity contribution in [2.24, 2.45) is 0 Å². The molecule has 0 aliphatic heterocycles. The van der Waals surface area contributed by atoms with Crippen molar-refractivity contribution in [2.75, 3.05) is 6.61 Å². The first kappa shape index (κ1) is 15.0. The lowest BCUT2D eigenvalue weighted by molar-refractivity contribution is -0.123. The molecule has 1 aromatic heterocycles. The topological polar surface area (TPSA) is 51.2 Å². The van der Waals surface area contributed by atoms with Crippen molar-refractivity contribution >= 4 is 17.2 Å². The van der Waals surface area contributed by atoms with Gasteiger partial charge in [-0.3, -0.25) is 4.79 Å². The summed E-state index contributed by atoms with van der Waals surface area (Å²) >= 11 is 1.69. The summed E-state index contributed by atoms with van der Waals surface area (Å²) in [6.07, 6.45) is 2.51. The minimum absolute atomic E-state index is 0.0299. The second-order valence-corrected chi connectivity index (χ2v) is 6.65. The molecule has 116 valence electrons. The molecule has 4 nitrogen and oxygen atoms in total. The monoisotopic (exact) mass is 316 g/mol. The van der Waals surface area contributed by atoms with E-state index in [9.17, 15) is 4.79 Å². The molecule has 0 atom stereocenters. The highest BCUT2D eigenvalue weighted by Crippen LogP contribution is 2.41. The average Bonchev–Trinajstić information content (AvgIpc) is 3.25. The van der Waals surface area contributed by atoms with Gasteiger partial charge in [0.2, 0.25) is 0 Å². The molecular weight excluding hydrogens is 296 g/mol. The number of thiazole rings is 1. The van der Waals surface area contributed by atoms with Crippen molar-refractivity contribution in [1.82, 2.24) is 10.3 Å². The average molecular weight is 316 g/mol. The number of benzene rings is 1. The quantitative estimate of drug-likeness (QED) is 0.889. The van der Waals surface area contributed by atoms with Gasteiger partial charge in [-0.2, -0.15) is 0 Å². The molecular formula is C17H20N2O2S. The molecule has 1 aromatic carbocycles. The van der Waals surface area contributed by atoms with Crippen LogP contribution in [0.3, 0.4) is 0 Å². The molecule has 5 heteroatoms. The van der Waals surface area contributed by atoms with Gasteiger partial charge in [0.05, 0.1) is 17.2 Å². The largest absolute Gasteiger partial charge is 0.484 e. The molecule has 0 radical (unpaired) electrons. The second-order valence-electron chi connectivity index (χ2n) is 5.76. The first-order valence-corrected chi connectivity index (χ1v) is 8.41. The normalized spacial score (nSPS) is 13.9. The number of hydrogen-bond acceptors (Lipinski definition) is 4. The number of carbonyl (C=O) groups is 1. The van der Waals surface area contributed by atoms with Gasteiger partial charge in [-0.1, -0.05) is 6.07 Å². The van der Waals surface area contributed by atoms with Crippen LogP contribution in [0.4, 0.5) is 0 Å². The number of amides is 1. The van der Waals surface area contributed by atoms with Crippen LogP contribution in [0.15, 0.2) is 23.6 Å². The van der Waals surface area contributed by atoms with Crippen molar-refractivity contribution in [3.8, 4) is 5.75 Å². The van der Waals surface area contributed by atoms with Crippen LogP contribution < -0.4 is 10.1 Å². The van der Waals surface area contributed by atoms with E-state index >= 15 is 0 Å². The third-order valence-electron chi connectivity index (χ3n) is 3.81. The van der Waals surface area contributed by atoms with Crippen molar-refractivity contribution in [3.05, 3.63) is 45.4 Å². The number of hydrogen-bond donors (Lipinski definition) is 1. The van der Waals surface area contributed by atoms with Crippen LogP contribution in [0.25, 0.3) is 0 Å². The third kappa shape index (κ3) is 3.85. The number of ether oxygens (including phenoxy) is 1. The lowest BCUT2D eigenvalue weighted by Gasteiger charge is -2.08.